The molecule has 0 aliphatic carbocycles. The summed E-state index contributed by atoms with van der Waals surface area (Å²) in [7, 11) is -4.21. The summed E-state index contributed by atoms with van der Waals surface area (Å²) < 4.78 is 35.4. The standard InChI is InChI=1S/C41H40ClN7O4S/c1-30-27-36(16-18-39(30)43-21-22-49-44-19-20-45-49)54(51,52)46-41(50)38-17-15-34(28-40(38)53-35-8-3-2-4-9-35)48-25-23-47(24-26-48)29-32-7-5-6-10-37(32)31-11-13-33(42)14-12-31/h2-20,27-28,43H,21-26,29H2,1H3,(H,46,50). The zero-order valence-electron chi connectivity index (χ0n) is 29.7. The topological polar surface area (TPSA) is 122 Å². The maximum absolute atomic E-state index is 13.7. The molecule has 1 aliphatic rings. The van der Waals surface area contributed by atoms with E-state index in [9.17, 15) is 13.2 Å². The van der Waals surface area contributed by atoms with E-state index in [2.05, 4.69) is 66.4 Å². The molecule has 1 fully saturated rings. The molecule has 6 aromatic rings. The molecule has 0 saturated carbocycles. The van der Waals surface area contributed by atoms with Crippen molar-refractivity contribution in [1.82, 2.24) is 24.6 Å². The lowest BCUT2D eigenvalue weighted by Crippen LogP contribution is -2.46. The molecule has 11 nitrogen and oxygen atoms in total. The third-order valence-electron chi connectivity index (χ3n) is 9.31. The maximum atomic E-state index is 13.7. The fourth-order valence-electron chi connectivity index (χ4n) is 6.46. The first-order chi connectivity index (χ1) is 26.2. The highest BCUT2D eigenvalue weighted by Gasteiger charge is 2.25. The van der Waals surface area contributed by atoms with Gasteiger partial charge >= 0.3 is 0 Å². The number of hydrogen-bond donors (Lipinski definition) is 2. The smallest absolute Gasteiger partial charge is 0.268 e. The van der Waals surface area contributed by atoms with Crippen molar-refractivity contribution >= 4 is 38.9 Å². The van der Waals surface area contributed by atoms with E-state index in [-0.39, 0.29) is 16.2 Å². The van der Waals surface area contributed by atoms with Crippen LogP contribution in [0.25, 0.3) is 11.1 Å². The number of carbonyl (C=O) groups excluding carboxylic acids is 1. The minimum absolute atomic E-state index is 0.0246. The highest BCUT2D eigenvalue weighted by atomic mass is 35.5. The number of benzene rings is 5. The highest BCUT2D eigenvalue weighted by Crippen LogP contribution is 2.32. The molecule has 1 saturated heterocycles. The second-order valence-corrected chi connectivity index (χ2v) is 15.1. The average Bonchev–Trinajstić information content (AvgIpc) is 3.70. The number of para-hydroxylation sites is 1. The summed E-state index contributed by atoms with van der Waals surface area (Å²) in [5, 5.41) is 12.2. The number of nitrogens with zero attached hydrogens (tertiary/aromatic N) is 5. The molecule has 1 aromatic heterocycles. The number of anilines is 2. The van der Waals surface area contributed by atoms with Crippen molar-refractivity contribution in [2.75, 3.05) is 42.9 Å². The monoisotopic (exact) mass is 761 g/mol. The van der Waals surface area contributed by atoms with Crippen molar-refractivity contribution in [3.8, 4) is 22.6 Å². The lowest BCUT2D eigenvalue weighted by atomic mass is 9.99. The van der Waals surface area contributed by atoms with Crippen LogP contribution in [-0.2, 0) is 23.1 Å². The number of ether oxygens (including phenoxy) is 1. The first-order valence-corrected chi connectivity index (χ1v) is 19.5. The number of rotatable bonds is 13. The molecule has 2 N–H and O–H groups in total. The van der Waals surface area contributed by atoms with Gasteiger partial charge in [0.15, 0.2) is 0 Å². The highest BCUT2D eigenvalue weighted by molar-refractivity contribution is 7.90. The maximum Gasteiger partial charge on any atom is 0.268 e. The van der Waals surface area contributed by atoms with Crippen LogP contribution in [0.4, 0.5) is 11.4 Å². The fourth-order valence-corrected chi connectivity index (χ4v) is 7.63. The number of amides is 1. The number of aryl methyl sites for hydroxylation is 1. The number of piperazine rings is 1. The van der Waals surface area contributed by atoms with Crippen LogP contribution in [0.2, 0.25) is 5.02 Å². The first kappa shape index (κ1) is 36.7. The van der Waals surface area contributed by atoms with Gasteiger partial charge in [-0.05, 0) is 83.8 Å². The summed E-state index contributed by atoms with van der Waals surface area (Å²) in [5.74, 6) is -0.00543. The minimum Gasteiger partial charge on any atom is -0.456 e. The van der Waals surface area contributed by atoms with E-state index in [1.807, 2.05) is 42.5 Å². The molecule has 7 rings (SSSR count). The van der Waals surface area contributed by atoms with Crippen molar-refractivity contribution in [3.05, 3.63) is 149 Å². The van der Waals surface area contributed by atoms with Crippen molar-refractivity contribution in [2.24, 2.45) is 0 Å². The summed E-state index contributed by atoms with van der Waals surface area (Å²) in [5.41, 5.74) is 6.03. The zero-order chi connectivity index (χ0) is 37.5. The van der Waals surface area contributed by atoms with Gasteiger partial charge in [-0.2, -0.15) is 15.0 Å². The van der Waals surface area contributed by atoms with Crippen LogP contribution in [0.3, 0.4) is 0 Å². The van der Waals surface area contributed by atoms with Gasteiger partial charge in [0.2, 0.25) is 0 Å². The summed E-state index contributed by atoms with van der Waals surface area (Å²) in [6.45, 7) is 6.90. The Balaban J connectivity index is 1.04. The number of aromatic nitrogens is 3. The van der Waals surface area contributed by atoms with Crippen LogP contribution >= 0.6 is 11.6 Å². The van der Waals surface area contributed by atoms with Crippen molar-refractivity contribution in [2.45, 2.75) is 24.9 Å². The molecule has 0 bridgehead atoms. The van der Waals surface area contributed by atoms with E-state index in [4.69, 9.17) is 16.3 Å². The van der Waals surface area contributed by atoms with Crippen LogP contribution in [0, 0.1) is 6.92 Å². The predicted molar refractivity (Wildman–Crippen MR) is 212 cm³/mol. The lowest BCUT2D eigenvalue weighted by Gasteiger charge is -2.36. The number of sulfonamides is 1. The average molecular weight is 762 g/mol. The Hall–Kier alpha value is -5.69. The molecule has 0 radical (unpaired) electrons. The Bertz CT molecular complexity index is 2310. The molecule has 0 atom stereocenters. The van der Waals surface area contributed by atoms with Crippen LogP contribution in [-0.4, -0.2) is 66.9 Å². The predicted octanol–water partition coefficient (Wildman–Crippen LogP) is 7.25. The Morgan fingerprint density at radius 1 is 0.833 bits per heavy atom. The van der Waals surface area contributed by atoms with Gasteiger partial charge in [-0.15, -0.1) is 0 Å². The fraction of sp³-hybridized carbons (Fsp3) is 0.195. The molecule has 5 aromatic carbocycles. The van der Waals surface area contributed by atoms with Crippen molar-refractivity contribution < 1.29 is 17.9 Å². The number of halogens is 1. The normalized spacial score (nSPS) is 13.4. The molecule has 2 heterocycles. The van der Waals surface area contributed by atoms with Gasteiger partial charge in [0, 0.05) is 61.7 Å². The molecule has 0 spiro atoms. The number of carbonyl (C=O) groups is 1. The molecule has 1 aliphatic heterocycles. The largest absolute Gasteiger partial charge is 0.456 e. The van der Waals surface area contributed by atoms with Gasteiger partial charge in [0.25, 0.3) is 15.9 Å². The summed E-state index contributed by atoms with van der Waals surface area (Å²) in [6.07, 6.45) is 3.22. The molecule has 276 valence electrons. The molecule has 0 unspecified atom stereocenters. The molecule has 1 amide bonds. The number of nitrogens with one attached hydrogen (secondary N) is 2. The molecule has 54 heavy (non-hydrogen) atoms. The van der Waals surface area contributed by atoms with Gasteiger partial charge in [-0.1, -0.05) is 66.2 Å². The van der Waals surface area contributed by atoms with E-state index in [1.165, 1.54) is 23.3 Å². The van der Waals surface area contributed by atoms with Crippen LogP contribution in [0.1, 0.15) is 21.5 Å². The van der Waals surface area contributed by atoms with Gasteiger partial charge in [-0.25, -0.2) is 13.1 Å². The summed E-state index contributed by atoms with van der Waals surface area (Å²) in [6, 6.07) is 35.5. The zero-order valence-corrected chi connectivity index (χ0v) is 31.3. The molecule has 13 heteroatoms. The summed E-state index contributed by atoms with van der Waals surface area (Å²) >= 11 is 6.14. The van der Waals surface area contributed by atoms with Gasteiger partial charge in [0.1, 0.15) is 11.5 Å². The van der Waals surface area contributed by atoms with Gasteiger partial charge in [-0.3, -0.25) is 9.69 Å². The summed E-state index contributed by atoms with van der Waals surface area (Å²) in [4.78, 5) is 19.9. The third kappa shape index (κ3) is 8.91. The first-order valence-electron chi connectivity index (χ1n) is 17.7. The molecular weight excluding hydrogens is 722 g/mol. The lowest BCUT2D eigenvalue weighted by molar-refractivity contribution is 0.0979. The SMILES string of the molecule is Cc1cc(S(=O)(=O)NC(=O)c2ccc(N3CCN(Cc4ccccc4-c4ccc(Cl)cc4)CC3)cc2Oc2ccccc2)ccc1NCCn1nccn1. The Labute approximate surface area is 320 Å². The van der Waals surface area contributed by atoms with Crippen LogP contribution < -0.4 is 19.7 Å². The van der Waals surface area contributed by atoms with Crippen molar-refractivity contribution in [3.63, 3.8) is 0 Å². The van der Waals surface area contributed by atoms with E-state index in [0.717, 1.165) is 49.7 Å². The van der Waals surface area contributed by atoms with Crippen LogP contribution in [0.15, 0.2) is 133 Å². The Morgan fingerprint density at radius 3 is 2.30 bits per heavy atom. The second-order valence-electron chi connectivity index (χ2n) is 13.0. The van der Waals surface area contributed by atoms with Crippen LogP contribution in [0.5, 0.6) is 11.5 Å². The number of hydrogen-bond acceptors (Lipinski definition) is 9. The van der Waals surface area contributed by atoms with E-state index in [0.29, 0.717) is 29.4 Å². The Morgan fingerprint density at radius 2 is 1.56 bits per heavy atom. The second kappa shape index (κ2) is 16.5. The van der Waals surface area contributed by atoms with Crippen molar-refractivity contribution in [1.29, 1.82) is 0 Å². The molecular formula is C41H40ClN7O4S. The van der Waals surface area contributed by atoms with E-state index >= 15 is 0 Å². The van der Waals surface area contributed by atoms with E-state index in [1.54, 1.807) is 48.4 Å². The van der Waals surface area contributed by atoms with E-state index < -0.39 is 15.9 Å². The quantitative estimate of drug-likeness (QED) is 0.125. The Kier molecular flexibility index (Phi) is 11.2. The minimum atomic E-state index is -4.21. The van der Waals surface area contributed by atoms with Gasteiger partial charge in [0.05, 0.1) is 29.4 Å². The van der Waals surface area contributed by atoms with Gasteiger partial charge < -0.3 is 15.0 Å². The third-order valence-corrected chi connectivity index (χ3v) is 10.9.